The molecule has 3 atom stereocenters. The average Bonchev–Trinajstić information content (AvgIpc) is 3.09. The fraction of sp³-hybridized carbons (Fsp3) is 0.545. The zero-order chi connectivity index (χ0) is 22.8. The molecule has 4 rings (SSSR count). The number of rotatable bonds is 4. The van der Waals surface area contributed by atoms with Gasteiger partial charge in [0.15, 0.2) is 0 Å². The highest BCUT2D eigenvalue weighted by Crippen LogP contribution is 2.36. The third-order valence-electron chi connectivity index (χ3n) is 6.84. The molecule has 2 heterocycles. The number of imide groups is 1. The van der Waals surface area contributed by atoms with Gasteiger partial charge >= 0.3 is 6.03 Å². The number of hydrogen-bond acceptors (Lipinski definition) is 6. The number of hydroxylamine groups is 1. The summed E-state index contributed by atoms with van der Waals surface area (Å²) >= 11 is 0. The lowest BCUT2D eigenvalue weighted by Crippen LogP contribution is -2.55. The third kappa shape index (κ3) is 4.14. The number of hydrogen-bond donors (Lipinski definition) is 2. The number of carbonyl (C=O) groups excluding carboxylic acids is 4. The van der Waals surface area contributed by atoms with Crippen LogP contribution in [0.25, 0.3) is 0 Å². The molecule has 1 aliphatic carbocycles. The smallest absolute Gasteiger partial charge is 0.327 e. The van der Waals surface area contributed by atoms with Crippen LogP contribution >= 0.6 is 0 Å². The zero-order valence-electron chi connectivity index (χ0n) is 18.1. The van der Waals surface area contributed by atoms with E-state index in [1.54, 1.807) is 17.4 Å². The Labute approximate surface area is 186 Å². The van der Waals surface area contributed by atoms with Gasteiger partial charge in [0.1, 0.15) is 6.54 Å². The first-order valence-electron chi connectivity index (χ1n) is 11.0. The van der Waals surface area contributed by atoms with Crippen LogP contribution in [0.4, 0.5) is 10.5 Å². The van der Waals surface area contributed by atoms with E-state index in [4.69, 9.17) is 0 Å². The minimum absolute atomic E-state index is 0.0141. The first-order chi connectivity index (χ1) is 15.4. The minimum atomic E-state index is -0.801. The van der Waals surface area contributed by atoms with Crippen LogP contribution in [0.3, 0.4) is 0 Å². The Kier molecular flexibility index (Phi) is 6.31. The van der Waals surface area contributed by atoms with E-state index >= 15 is 0 Å². The van der Waals surface area contributed by atoms with Gasteiger partial charge in [-0.05, 0) is 31.4 Å². The first-order valence-corrected chi connectivity index (χ1v) is 11.0. The molecular formula is C22H29N5O5. The first kappa shape index (κ1) is 22.1. The summed E-state index contributed by atoms with van der Waals surface area (Å²) in [4.78, 5) is 57.0. The van der Waals surface area contributed by atoms with Crippen LogP contribution in [0.5, 0.6) is 0 Å². The number of benzene rings is 1. The molecule has 10 heteroatoms. The second-order valence-electron chi connectivity index (χ2n) is 8.71. The zero-order valence-corrected chi connectivity index (χ0v) is 18.1. The Balaban J connectivity index is 1.42. The van der Waals surface area contributed by atoms with Crippen LogP contribution in [0.15, 0.2) is 30.3 Å². The van der Waals surface area contributed by atoms with Gasteiger partial charge in [-0.15, -0.1) is 0 Å². The maximum atomic E-state index is 13.3. The molecule has 2 saturated heterocycles. The Morgan fingerprint density at radius 2 is 1.69 bits per heavy atom. The SMILES string of the molecule is CN1CC(=O)N([C@@H]2CC[C@H](C(=O)N3CCN(c4ccccc4)CC3)[C@@H](C(=O)NO)C2)C1=O. The third-order valence-corrected chi connectivity index (χ3v) is 6.84. The van der Waals surface area contributed by atoms with E-state index in [0.29, 0.717) is 39.0 Å². The number of anilines is 1. The van der Waals surface area contributed by atoms with Gasteiger partial charge in [0.2, 0.25) is 11.8 Å². The highest BCUT2D eigenvalue weighted by atomic mass is 16.5. The maximum Gasteiger partial charge on any atom is 0.327 e. The molecule has 0 unspecified atom stereocenters. The van der Waals surface area contributed by atoms with E-state index in [9.17, 15) is 24.4 Å². The van der Waals surface area contributed by atoms with Gasteiger partial charge in [-0.3, -0.25) is 24.5 Å². The van der Waals surface area contributed by atoms with Gasteiger partial charge in [0, 0.05) is 50.9 Å². The van der Waals surface area contributed by atoms with Gasteiger partial charge in [-0.25, -0.2) is 10.3 Å². The number of nitrogens with zero attached hydrogens (tertiary/aromatic N) is 4. The summed E-state index contributed by atoms with van der Waals surface area (Å²) < 4.78 is 0. The number of carbonyl (C=O) groups is 4. The van der Waals surface area contributed by atoms with Crippen molar-refractivity contribution in [2.45, 2.75) is 25.3 Å². The lowest BCUT2D eigenvalue weighted by molar-refractivity contribution is -0.148. The van der Waals surface area contributed by atoms with Gasteiger partial charge in [-0.2, -0.15) is 0 Å². The summed E-state index contributed by atoms with van der Waals surface area (Å²) in [5.41, 5.74) is 2.79. The van der Waals surface area contributed by atoms with Gasteiger partial charge in [0.25, 0.3) is 5.91 Å². The number of nitrogens with one attached hydrogen (secondary N) is 1. The molecule has 0 radical (unpaired) electrons. The summed E-state index contributed by atoms with van der Waals surface area (Å²) in [5, 5.41) is 9.27. The van der Waals surface area contributed by atoms with Crippen LogP contribution in [-0.2, 0) is 14.4 Å². The minimum Gasteiger partial charge on any atom is -0.368 e. The lowest BCUT2D eigenvalue weighted by atomic mass is 9.75. The molecule has 1 saturated carbocycles. The van der Waals surface area contributed by atoms with Crippen molar-refractivity contribution in [3.8, 4) is 0 Å². The fourth-order valence-electron chi connectivity index (χ4n) is 5.11. The second kappa shape index (κ2) is 9.15. The topological polar surface area (TPSA) is 114 Å². The van der Waals surface area contributed by atoms with Crippen LogP contribution in [0, 0.1) is 11.8 Å². The molecule has 5 amide bonds. The van der Waals surface area contributed by atoms with Gasteiger partial charge < -0.3 is 14.7 Å². The summed E-state index contributed by atoms with van der Waals surface area (Å²) in [7, 11) is 1.56. The second-order valence-corrected chi connectivity index (χ2v) is 8.71. The molecule has 0 spiro atoms. The summed E-state index contributed by atoms with van der Waals surface area (Å²) in [5.74, 6) is -2.45. The fourth-order valence-corrected chi connectivity index (χ4v) is 5.11. The molecule has 3 aliphatic rings. The molecule has 0 bridgehead atoms. The number of para-hydroxylation sites is 1. The summed E-state index contributed by atoms with van der Waals surface area (Å²) in [6.07, 6.45) is 1.00. The lowest BCUT2D eigenvalue weighted by Gasteiger charge is -2.41. The normalized spacial score (nSPS) is 26.5. The van der Waals surface area contributed by atoms with Crippen LogP contribution in [-0.4, -0.2) is 89.5 Å². The molecule has 1 aromatic rings. The van der Waals surface area contributed by atoms with Gasteiger partial charge in [-0.1, -0.05) is 18.2 Å². The number of piperazine rings is 1. The van der Waals surface area contributed by atoms with Crippen molar-refractivity contribution < 1.29 is 24.4 Å². The Hall–Kier alpha value is -3.14. The van der Waals surface area contributed by atoms with Crippen molar-refractivity contribution >= 4 is 29.4 Å². The molecule has 172 valence electrons. The molecule has 2 N–H and O–H groups in total. The van der Waals surface area contributed by atoms with E-state index in [0.717, 1.165) is 5.69 Å². The standard InChI is InChI=1S/C22H29N5O5/c1-24-14-19(28)27(22(24)31)16-7-8-17(18(13-16)20(29)23-32)21(30)26-11-9-25(10-12-26)15-5-3-2-4-6-15/h2-6,16-18,32H,7-14H2,1H3,(H,23,29)/t16-,17+,18+/m1/s1. The van der Waals surface area contributed by atoms with E-state index in [2.05, 4.69) is 4.90 Å². The summed E-state index contributed by atoms with van der Waals surface area (Å²) in [6.45, 7) is 2.51. The van der Waals surface area contributed by atoms with Gasteiger partial charge in [0.05, 0.1) is 5.92 Å². The van der Waals surface area contributed by atoms with E-state index < -0.39 is 23.8 Å². The largest absolute Gasteiger partial charge is 0.368 e. The van der Waals surface area contributed by atoms with Crippen molar-refractivity contribution in [2.75, 3.05) is 44.7 Å². The van der Waals surface area contributed by atoms with Crippen molar-refractivity contribution in [3.63, 3.8) is 0 Å². The number of urea groups is 1. The molecule has 10 nitrogen and oxygen atoms in total. The predicted molar refractivity (Wildman–Crippen MR) is 115 cm³/mol. The monoisotopic (exact) mass is 443 g/mol. The van der Waals surface area contributed by atoms with E-state index in [1.165, 1.54) is 9.80 Å². The molecule has 32 heavy (non-hydrogen) atoms. The molecule has 2 aliphatic heterocycles. The van der Waals surface area contributed by atoms with Crippen molar-refractivity contribution in [1.82, 2.24) is 20.2 Å². The highest BCUT2D eigenvalue weighted by molar-refractivity contribution is 6.02. The molecule has 1 aromatic carbocycles. The predicted octanol–water partition coefficient (Wildman–Crippen LogP) is 0.520. The Morgan fingerprint density at radius 3 is 2.28 bits per heavy atom. The number of amides is 5. The van der Waals surface area contributed by atoms with Crippen LogP contribution < -0.4 is 10.4 Å². The summed E-state index contributed by atoms with van der Waals surface area (Å²) in [6, 6.07) is 9.17. The average molecular weight is 444 g/mol. The Morgan fingerprint density at radius 1 is 1.00 bits per heavy atom. The number of likely N-dealkylation sites (N-methyl/N-ethyl adjacent to an activating group) is 1. The van der Waals surface area contributed by atoms with Crippen molar-refractivity contribution in [1.29, 1.82) is 0 Å². The molecular weight excluding hydrogens is 414 g/mol. The Bertz CT molecular complexity index is 886. The van der Waals surface area contributed by atoms with E-state index in [-0.39, 0.29) is 30.8 Å². The van der Waals surface area contributed by atoms with Crippen molar-refractivity contribution in [3.05, 3.63) is 30.3 Å². The molecule has 0 aromatic heterocycles. The van der Waals surface area contributed by atoms with Crippen LogP contribution in [0.1, 0.15) is 19.3 Å². The van der Waals surface area contributed by atoms with Crippen molar-refractivity contribution in [2.24, 2.45) is 11.8 Å². The van der Waals surface area contributed by atoms with Crippen LogP contribution in [0.2, 0.25) is 0 Å². The molecule has 3 fully saturated rings. The van der Waals surface area contributed by atoms with E-state index in [1.807, 2.05) is 30.3 Å². The maximum absolute atomic E-state index is 13.3. The quantitative estimate of drug-likeness (QED) is 0.399. The highest BCUT2D eigenvalue weighted by Gasteiger charge is 2.47.